The molecule has 2 nitrogen and oxygen atoms in total. The van der Waals surface area contributed by atoms with Crippen LogP contribution in [-0.2, 0) is 6.54 Å². The summed E-state index contributed by atoms with van der Waals surface area (Å²) in [4.78, 5) is 0. The molecule has 0 spiro atoms. The second-order valence-electron chi connectivity index (χ2n) is 4.43. The van der Waals surface area contributed by atoms with Crippen molar-refractivity contribution in [1.82, 2.24) is 5.01 Å². The summed E-state index contributed by atoms with van der Waals surface area (Å²) in [5.41, 5.74) is 4.62. The molecular weight excluding hydrogens is 244 g/mol. The molecule has 18 heavy (non-hydrogen) atoms. The van der Waals surface area contributed by atoms with Gasteiger partial charge in [-0.3, -0.25) is 5.01 Å². The van der Waals surface area contributed by atoms with E-state index in [1.54, 1.807) is 0 Å². The molecule has 2 aromatic rings. The Morgan fingerprint density at radius 1 is 1.06 bits per heavy atom. The van der Waals surface area contributed by atoms with Crippen molar-refractivity contribution in [2.45, 2.75) is 6.54 Å². The molecule has 0 fully saturated rings. The van der Waals surface area contributed by atoms with Crippen LogP contribution >= 0.6 is 11.6 Å². The maximum atomic E-state index is 5.93. The lowest BCUT2D eigenvalue weighted by atomic mass is 9.96. The van der Waals surface area contributed by atoms with E-state index in [2.05, 4.69) is 29.4 Å². The van der Waals surface area contributed by atoms with Crippen molar-refractivity contribution in [2.75, 3.05) is 7.05 Å². The van der Waals surface area contributed by atoms with Crippen LogP contribution in [0.1, 0.15) is 16.7 Å². The van der Waals surface area contributed by atoms with Gasteiger partial charge in [-0.05, 0) is 17.7 Å². The number of halogens is 1. The third-order valence-electron chi connectivity index (χ3n) is 3.06. The Morgan fingerprint density at radius 2 is 1.78 bits per heavy atom. The molecule has 0 unspecified atom stereocenters. The minimum Gasteiger partial charge on any atom is -0.295 e. The molecule has 1 aliphatic heterocycles. The van der Waals surface area contributed by atoms with Crippen LogP contribution in [0.15, 0.2) is 53.6 Å². The molecule has 0 aliphatic carbocycles. The van der Waals surface area contributed by atoms with Gasteiger partial charge in [-0.2, -0.15) is 5.10 Å². The highest BCUT2D eigenvalue weighted by molar-refractivity contribution is 6.30. The molecule has 3 heteroatoms. The van der Waals surface area contributed by atoms with E-state index in [1.165, 1.54) is 11.1 Å². The minimum atomic E-state index is 0.747. The molecule has 0 N–H and O–H groups in total. The van der Waals surface area contributed by atoms with Gasteiger partial charge in [-0.15, -0.1) is 0 Å². The van der Waals surface area contributed by atoms with Gasteiger partial charge in [0.2, 0.25) is 0 Å². The van der Waals surface area contributed by atoms with Crippen LogP contribution in [0.3, 0.4) is 0 Å². The van der Waals surface area contributed by atoms with Crippen molar-refractivity contribution >= 4 is 17.3 Å². The van der Waals surface area contributed by atoms with Crippen molar-refractivity contribution in [3.63, 3.8) is 0 Å². The Labute approximate surface area is 112 Å². The highest BCUT2D eigenvalue weighted by atomic mass is 35.5. The molecule has 0 aromatic heterocycles. The standard InChI is InChI=1S/C15H13ClN2/c1-18-10-12-4-2-3-5-14(12)15(17-18)11-6-8-13(16)9-7-11/h2-9H,10H2,1H3. The quantitative estimate of drug-likeness (QED) is 0.762. The first-order valence-electron chi connectivity index (χ1n) is 5.88. The Hall–Kier alpha value is -1.80. The van der Waals surface area contributed by atoms with E-state index in [1.807, 2.05) is 36.3 Å². The monoisotopic (exact) mass is 256 g/mol. The number of hydrogen-bond acceptors (Lipinski definition) is 2. The minimum absolute atomic E-state index is 0.747. The summed E-state index contributed by atoms with van der Waals surface area (Å²) in [6.07, 6.45) is 0. The van der Waals surface area contributed by atoms with Crippen LogP contribution < -0.4 is 0 Å². The average Bonchev–Trinajstić information content (AvgIpc) is 2.38. The second-order valence-corrected chi connectivity index (χ2v) is 4.86. The predicted octanol–water partition coefficient (Wildman–Crippen LogP) is 3.54. The molecule has 2 aromatic carbocycles. The largest absolute Gasteiger partial charge is 0.295 e. The van der Waals surface area contributed by atoms with Crippen molar-refractivity contribution in [3.8, 4) is 0 Å². The number of rotatable bonds is 1. The second kappa shape index (κ2) is 4.46. The Balaban J connectivity index is 2.13. The van der Waals surface area contributed by atoms with Gasteiger partial charge in [0.1, 0.15) is 0 Å². The summed E-state index contributed by atoms with van der Waals surface area (Å²) >= 11 is 5.93. The first-order valence-corrected chi connectivity index (χ1v) is 6.26. The lowest BCUT2D eigenvalue weighted by molar-refractivity contribution is 0.341. The van der Waals surface area contributed by atoms with Crippen LogP contribution in [0, 0.1) is 0 Å². The first kappa shape index (κ1) is 11.3. The van der Waals surface area contributed by atoms with Gasteiger partial charge in [-0.25, -0.2) is 0 Å². The molecule has 1 heterocycles. The summed E-state index contributed by atoms with van der Waals surface area (Å²) in [7, 11) is 1.99. The fraction of sp³-hybridized carbons (Fsp3) is 0.133. The zero-order chi connectivity index (χ0) is 12.5. The van der Waals surface area contributed by atoms with E-state index in [4.69, 9.17) is 11.6 Å². The zero-order valence-electron chi connectivity index (χ0n) is 10.1. The van der Waals surface area contributed by atoms with E-state index in [0.29, 0.717) is 0 Å². The van der Waals surface area contributed by atoms with Crippen molar-refractivity contribution < 1.29 is 0 Å². The normalized spacial score (nSPS) is 14.1. The van der Waals surface area contributed by atoms with Gasteiger partial charge in [0.05, 0.1) is 12.3 Å². The van der Waals surface area contributed by atoms with Gasteiger partial charge in [0.15, 0.2) is 0 Å². The summed E-state index contributed by atoms with van der Waals surface area (Å²) in [5, 5.41) is 7.34. The molecule has 1 aliphatic rings. The highest BCUT2D eigenvalue weighted by Crippen LogP contribution is 2.22. The third-order valence-corrected chi connectivity index (χ3v) is 3.31. The third kappa shape index (κ3) is 2.00. The maximum absolute atomic E-state index is 5.93. The van der Waals surface area contributed by atoms with Gasteiger partial charge >= 0.3 is 0 Å². The SMILES string of the molecule is CN1Cc2ccccc2C(c2ccc(Cl)cc2)=N1. The van der Waals surface area contributed by atoms with Crippen molar-refractivity contribution in [3.05, 3.63) is 70.2 Å². The summed E-state index contributed by atoms with van der Waals surface area (Å²) in [6, 6.07) is 16.2. The molecular formula is C15H13ClN2. The zero-order valence-corrected chi connectivity index (χ0v) is 10.9. The smallest absolute Gasteiger partial charge is 0.0979 e. The van der Waals surface area contributed by atoms with Crippen LogP contribution in [0.25, 0.3) is 0 Å². The average molecular weight is 257 g/mol. The topological polar surface area (TPSA) is 15.6 Å². The van der Waals surface area contributed by atoms with Crippen LogP contribution in [0.4, 0.5) is 0 Å². The fourth-order valence-corrected chi connectivity index (χ4v) is 2.34. The number of benzene rings is 2. The molecule has 0 bridgehead atoms. The Kier molecular flexibility index (Phi) is 2.80. The molecule has 0 radical (unpaired) electrons. The first-order chi connectivity index (χ1) is 8.74. The van der Waals surface area contributed by atoms with Crippen LogP contribution in [0.2, 0.25) is 5.02 Å². The van der Waals surface area contributed by atoms with Gasteiger partial charge in [0.25, 0.3) is 0 Å². The van der Waals surface area contributed by atoms with Gasteiger partial charge in [0, 0.05) is 23.2 Å². The Morgan fingerprint density at radius 3 is 2.56 bits per heavy atom. The molecule has 90 valence electrons. The number of hydrazone groups is 1. The van der Waals surface area contributed by atoms with E-state index in [9.17, 15) is 0 Å². The van der Waals surface area contributed by atoms with Crippen LogP contribution in [-0.4, -0.2) is 17.8 Å². The summed E-state index contributed by atoms with van der Waals surface area (Å²) in [6.45, 7) is 0.854. The number of nitrogens with zero attached hydrogens (tertiary/aromatic N) is 2. The lowest BCUT2D eigenvalue weighted by Gasteiger charge is -2.24. The molecule has 0 amide bonds. The predicted molar refractivity (Wildman–Crippen MR) is 75.0 cm³/mol. The molecule has 0 saturated carbocycles. The van der Waals surface area contributed by atoms with Crippen molar-refractivity contribution in [2.24, 2.45) is 5.10 Å². The van der Waals surface area contributed by atoms with Gasteiger partial charge < -0.3 is 0 Å². The number of fused-ring (bicyclic) bond motifs is 1. The fourth-order valence-electron chi connectivity index (χ4n) is 2.22. The molecule has 3 rings (SSSR count). The number of hydrogen-bond donors (Lipinski definition) is 0. The van der Waals surface area contributed by atoms with E-state index in [-0.39, 0.29) is 0 Å². The Bertz CT molecular complexity index is 602. The van der Waals surface area contributed by atoms with E-state index < -0.39 is 0 Å². The molecule has 0 atom stereocenters. The van der Waals surface area contributed by atoms with Crippen molar-refractivity contribution in [1.29, 1.82) is 0 Å². The van der Waals surface area contributed by atoms with Crippen LogP contribution in [0.5, 0.6) is 0 Å². The lowest BCUT2D eigenvalue weighted by Crippen LogP contribution is -2.23. The summed E-state index contributed by atoms with van der Waals surface area (Å²) in [5.74, 6) is 0. The van der Waals surface area contributed by atoms with E-state index in [0.717, 1.165) is 22.8 Å². The molecule has 0 saturated heterocycles. The van der Waals surface area contributed by atoms with E-state index >= 15 is 0 Å². The maximum Gasteiger partial charge on any atom is 0.0979 e. The summed E-state index contributed by atoms with van der Waals surface area (Å²) < 4.78 is 0. The van der Waals surface area contributed by atoms with Gasteiger partial charge in [-0.1, -0.05) is 48.0 Å². The highest BCUT2D eigenvalue weighted by Gasteiger charge is 2.17.